The van der Waals surface area contributed by atoms with Crippen LogP contribution in [0.1, 0.15) is 25.0 Å². The fourth-order valence-corrected chi connectivity index (χ4v) is 2.79. The molecule has 0 saturated heterocycles. The van der Waals surface area contributed by atoms with Crippen molar-refractivity contribution >= 4 is 11.6 Å². The number of rotatable bonds is 10. The molecule has 0 aromatic heterocycles. The first kappa shape index (κ1) is 21.2. The maximum atomic E-state index is 6.34. The normalized spacial score (nSPS) is 10.8. The summed E-state index contributed by atoms with van der Waals surface area (Å²) in [5.41, 5.74) is 2.04. The number of benzene rings is 2. The molecule has 0 aliphatic rings. The summed E-state index contributed by atoms with van der Waals surface area (Å²) in [6, 6.07) is 9.61. The fraction of sp³-hybridized carbons (Fsp3) is 0.429. The van der Waals surface area contributed by atoms with Crippen molar-refractivity contribution < 1.29 is 18.9 Å². The molecule has 0 fully saturated rings. The maximum Gasteiger partial charge on any atom is 0.162 e. The molecule has 2 rings (SSSR count). The quantitative estimate of drug-likeness (QED) is 0.634. The molecule has 0 spiro atoms. The molecule has 0 amide bonds. The fourth-order valence-electron chi connectivity index (χ4n) is 2.57. The number of ether oxygens (including phenoxy) is 4. The summed E-state index contributed by atoms with van der Waals surface area (Å²) in [5, 5.41) is 4.03. The molecule has 0 bridgehead atoms. The van der Waals surface area contributed by atoms with Crippen LogP contribution in [0.3, 0.4) is 0 Å². The third-order valence-electron chi connectivity index (χ3n) is 4.00. The predicted molar refractivity (Wildman–Crippen MR) is 108 cm³/mol. The molecule has 0 heterocycles. The van der Waals surface area contributed by atoms with Crippen LogP contribution >= 0.6 is 11.6 Å². The Bertz CT molecular complexity index is 749. The number of hydrogen-bond donors (Lipinski definition) is 1. The Kier molecular flexibility index (Phi) is 8.07. The highest BCUT2D eigenvalue weighted by atomic mass is 35.5. The summed E-state index contributed by atoms with van der Waals surface area (Å²) in [6.45, 7) is 6.17. The smallest absolute Gasteiger partial charge is 0.162 e. The molecule has 1 N–H and O–H groups in total. The molecule has 0 aliphatic carbocycles. The molecular weight excluding hydrogens is 366 g/mol. The van der Waals surface area contributed by atoms with Crippen molar-refractivity contribution in [3.8, 4) is 23.0 Å². The summed E-state index contributed by atoms with van der Waals surface area (Å²) in [6.07, 6.45) is 0. The molecule has 27 heavy (non-hydrogen) atoms. The molecule has 148 valence electrons. The van der Waals surface area contributed by atoms with E-state index in [1.165, 1.54) is 0 Å². The molecule has 5 nitrogen and oxygen atoms in total. The molecule has 0 radical (unpaired) electrons. The second-order valence-electron chi connectivity index (χ2n) is 6.59. The SMILES string of the molecule is COc1cc(Cl)c(CNCc2ccc(OCC(C)C)c(OC)c2)cc1OC. The van der Waals surface area contributed by atoms with Crippen LogP contribution in [-0.2, 0) is 13.1 Å². The Labute approximate surface area is 166 Å². The first-order valence-electron chi connectivity index (χ1n) is 8.89. The highest BCUT2D eigenvalue weighted by Gasteiger charge is 2.10. The first-order chi connectivity index (χ1) is 13.0. The zero-order valence-corrected chi connectivity index (χ0v) is 17.4. The van der Waals surface area contributed by atoms with Crippen LogP contribution < -0.4 is 24.3 Å². The maximum absolute atomic E-state index is 6.34. The van der Waals surface area contributed by atoms with Gasteiger partial charge < -0.3 is 24.3 Å². The van der Waals surface area contributed by atoms with Gasteiger partial charge in [-0.2, -0.15) is 0 Å². The topological polar surface area (TPSA) is 49.0 Å². The average Bonchev–Trinajstić information content (AvgIpc) is 2.67. The van der Waals surface area contributed by atoms with Gasteiger partial charge in [-0.1, -0.05) is 31.5 Å². The summed E-state index contributed by atoms with van der Waals surface area (Å²) < 4.78 is 21.8. The minimum absolute atomic E-state index is 0.460. The van der Waals surface area contributed by atoms with E-state index in [-0.39, 0.29) is 0 Å². The third-order valence-corrected chi connectivity index (χ3v) is 4.35. The largest absolute Gasteiger partial charge is 0.493 e. The van der Waals surface area contributed by atoms with Gasteiger partial charge in [0.05, 0.1) is 27.9 Å². The van der Waals surface area contributed by atoms with Gasteiger partial charge in [0.15, 0.2) is 23.0 Å². The zero-order chi connectivity index (χ0) is 19.8. The molecule has 0 saturated carbocycles. The molecule has 6 heteroatoms. The van der Waals surface area contributed by atoms with Gasteiger partial charge in [-0.3, -0.25) is 0 Å². The Hall–Kier alpha value is -2.11. The minimum atomic E-state index is 0.460. The zero-order valence-electron chi connectivity index (χ0n) is 16.6. The highest BCUT2D eigenvalue weighted by Crippen LogP contribution is 2.33. The Morgan fingerprint density at radius 2 is 1.48 bits per heavy atom. The monoisotopic (exact) mass is 393 g/mol. The number of hydrogen-bond acceptors (Lipinski definition) is 5. The van der Waals surface area contributed by atoms with Crippen molar-refractivity contribution in [2.24, 2.45) is 5.92 Å². The van der Waals surface area contributed by atoms with Crippen molar-refractivity contribution in [3.63, 3.8) is 0 Å². The van der Waals surface area contributed by atoms with Gasteiger partial charge in [-0.15, -0.1) is 0 Å². The van der Waals surface area contributed by atoms with Crippen molar-refractivity contribution in [1.29, 1.82) is 0 Å². The second kappa shape index (κ2) is 10.3. The van der Waals surface area contributed by atoms with Gasteiger partial charge in [0, 0.05) is 24.2 Å². The Morgan fingerprint density at radius 1 is 0.852 bits per heavy atom. The Morgan fingerprint density at radius 3 is 2.11 bits per heavy atom. The van der Waals surface area contributed by atoms with Crippen LogP contribution in [0.4, 0.5) is 0 Å². The summed E-state index contributed by atoms with van der Waals surface area (Å²) in [4.78, 5) is 0. The van der Waals surface area contributed by atoms with Gasteiger partial charge in [0.1, 0.15) is 0 Å². The van der Waals surface area contributed by atoms with Crippen LogP contribution in [0.5, 0.6) is 23.0 Å². The van der Waals surface area contributed by atoms with Gasteiger partial charge >= 0.3 is 0 Å². The van der Waals surface area contributed by atoms with E-state index < -0.39 is 0 Å². The Balaban J connectivity index is 2.01. The molecule has 2 aromatic carbocycles. The van der Waals surface area contributed by atoms with E-state index in [9.17, 15) is 0 Å². The number of methoxy groups -OCH3 is 3. The van der Waals surface area contributed by atoms with E-state index >= 15 is 0 Å². The molecule has 2 aromatic rings. The number of nitrogens with one attached hydrogen (secondary N) is 1. The predicted octanol–water partition coefficient (Wildman–Crippen LogP) is 4.69. The van der Waals surface area contributed by atoms with Gasteiger partial charge in [0.2, 0.25) is 0 Å². The van der Waals surface area contributed by atoms with Gasteiger partial charge in [-0.05, 0) is 35.2 Å². The summed E-state index contributed by atoms with van der Waals surface area (Å²) in [7, 11) is 4.85. The lowest BCUT2D eigenvalue weighted by molar-refractivity contribution is 0.256. The molecule has 0 unspecified atom stereocenters. The highest BCUT2D eigenvalue weighted by molar-refractivity contribution is 6.31. The summed E-state index contributed by atoms with van der Waals surface area (Å²) in [5.74, 6) is 3.24. The number of halogens is 1. The van der Waals surface area contributed by atoms with E-state index in [2.05, 4.69) is 19.2 Å². The average molecular weight is 394 g/mol. The third kappa shape index (κ3) is 5.94. The van der Waals surface area contributed by atoms with Gasteiger partial charge in [-0.25, -0.2) is 0 Å². The standard InChI is InChI=1S/C21H28ClNO4/c1-14(2)13-27-18-7-6-15(8-19(18)24-3)11-23-12-16-9-20(25-4)21(26-5)10-17(16)22/h6-10,14,23H,11-13H2,1-5H3. The van der Waals surface area contributed by atoms with Crippen LogP contribution in [0, 0.1) is 5.92 Å². The summed E-state index contributed by atoms with van der Waals surface area (Å²) >= 11 is 6.34. The lowest BCUT2D eigenvalue weighted by Crippen LogP contribution is -2.13. The van der Waals surface area contributed by atoms with E-state index in [1.807, 2.05) is 24.3 Å². The molecular formula is C21H28ClNO4. The van der Waals surface area contributed by atoms with Crippen LogP contribution in [-0.4, -0.2) is 27.9 Å². The van der Waals surface area contributed by atoms with E-state index in [0.29, 0.717) is 42.1 Å². The van der Waals surface area contributed by atoms with Crippen LogP contribution in [0.25, 0.3) is 0 Å². The van der Waals surface area contributed by atoms with Crippen molar-refractivity contribution in [2.75, 3.05) is 27.9 Å². The lowest BCUT2D eigenvalue weighted by Gasteiger charge is -2.14. The second-order valence-corrected chi connectivity index (χ2v) is 7.00. The lowest BCUT2D eigenvalue weighted by atomic mass is 10.1. The minimum Gasteiger partial charge on any atom is -0.493 e. The first-order valence-corrected chi connectivity index (χ1v) is 9.27. The van der Waals surface area contributed by atoms with Crippen molar-refractivity contribution in [2.45, 2.75) is 26.9 Å². The van der Waals surface area contributed by atoms with E-state index in [0.717, 1.165) is 22.6 Å². The van der Waals surface area contributed by atoms with Crippen LogP contribution in [0.15, 0.2) is 30.3 Å². The van der Waals surface area contributed by atoms with Crippen LogP contribution in [0.2, 0.25) is 5.02 Å². The van der Waals surface area contributed by atoms with E-state index in [1.54, 1.807) is 27.4 Å². The molecule has 0 atom stereocenters. The van der Waals surface area contributed by atoms with Gasteiger partial charge in [0.25, 0.3) is 0 Å². The van der Waals surface area contributed by atoms with Crippen molar-refractivity contribution in [3.05, 3.63) is 46.5 Å². The molecule has 0 aliphatic heterocycles. The van der Waals surface area contributed by atoms with E-state index in [4.69, 9.17) is 30.5 Å². The van der Waals surface area contributed by atoms with Crippen molar-refractivity contribution in [1.82, 2.24) is 5.32 Å².